The van der Waals surface area contributed by atoms with E-state index in [-0.39, 0.29) is 5.78 Å². The lowest BCUT2D eigenvalue weighted by Crippen LogP contribution is -2.05. The lowest BCUT2D eigenvalue weighted by atomic mass is 10.00. The Balaban J connectivity index is 1.88. The summed E-state index contributed by atoms with van der Waals surface area (Å²) in [5, 5.41) is 0. The zero-order valence-corrected chi connectivity index (χ0v) is 14.4. The lowest BCUT2D eigenvalue weighted by Gasteiger charge is -2.08. The van der Waals surface area contributed by atoms with Crippen molar-refractivity contribution in [1.29, 1.82) is 0 Å². The van der Waals surface area contributed by atoms with Gasteiger partial charge in [0.2, 0.25) is 0 Å². The first-order valence-electron chi connectivity index (χ1n) is 6.36. The molecule has 3 rings (SSSR count). The fourth-order valence-corrected chi connectivity index (χ4v) is 3.30. The third-order valence-electron chi connectivity index (χ3n) is 3.34. The van der Waals surface area contributed by atoms with Crippen LogP contribution in [0.2, 0.25) is 0 Å². The van der Waals surface area contributed by atoms with E-state index in [2.05, 4.69) is 44.6 Å². The molecule has 0 N–H and O–H groups in total. The predicted octanol–water partition coefficient (Wildman–Crippen LogP) is 4.41. The maximum atomic E-state index is 12.4. The molecule has 0 spiro atoms. The topological polar surface area (TPSA) is 26.3 Å². The Bertz CT molecular complexity index is 665. The summed E-state index contributed by atoms with van der Waals surface area (Å²) in [6, 6.07) is 11.7. The van der Waals surface area contributed by atoms with Gasteiger partial charge in [-0.2, -0.15) is 0 Å². The lowest BCUT2D eigenvalue weighted by molar-refractivity contribution is 0.0992. The van der Waals surface area contributed by atoms with Crippen LogP contribution in [0, 0.1) is 3.57 Å². The summed E-state index contributed by atoms with van der Waals surface area (Å²) in [5.41, 5.74) is 2.90. The van der Waals surface area contributed by atoms with E-state index in [0.717, 1.165) is 31.3 Å². The molecule has 0 saturated heterocycles. The number of benzene rings is 2. The molecular formula is C16H12BrIO2. The van der Waals surface area contributed by atoms with Gasteiger partial charge in [-0.25, -0.2) is 0 Å². The molecule has 0 fully saturated rings. The van der Waals surface area contributed by atoms with Crippen molar-refractivity contribution >= 4 is 44.3 Å². The van der Waals surface area contributed by atoms with Crippen LogP contribution < -0.4 is 4.74 Å². The van der Waals surface area contributed by atoms with Gasteiger partial charge in [-0.1, -0.05) is 28.1 Å². The second-order valence-electron chi connectivity index (χ2n) is 4.76. The normalized spacial score (nSPS) is 12.9. The first-order chi connectivity index (χ1) is 9.63. The van der Waals surface area contributed by atoms with E-state index in [1.54, 1.807) is 0 Å². The van der Waals surface area contributed by atoms with Gasteiger partial charge in [0.05, 0.1) is 6.61 Å². The molecule has 4 heteroatoms. The fraction of sp³-hybridized carbons (Fsp3) is 0.188. The van der Waals surface area contributed by atoms with Gasteiger partial charge in [-0.05, 0) is 52.4 Å². The van der Waals surface area contributed by atoms with Gasteiger partial charge >= 0.3 is 0 Å². The molecule has 20 heavy (non-hydrogen) atoms. The number of ether oxygens (including phenoxy) is 1. The van der Waals surface area contributed by atoms with Crippen molar-refractivity contribution in [2.45, 2.75) is 12.8 Å². The largest absolute Gasteiger partial charge is 0.493 e. The molecule has 0 saturated carbocycles. The smallest absolute Gasteiger partial charge is 0.167 e. The average Bonchev–Trinajstić information content (AvgIpc) is 2.87. The molecule has 2 aromatic carbocycles. The van der Waals surface area contributed by atoms with Crippen LogP contribution in [0.15, 0.2) is 40.9 Å². The van der Waals surface area contributed by atoms with Crippen LogP contribution in [0.4, 0.5) is 0 Å². The number of carbonyl (C=O) groups excluding carboxylic acids is 1. The standard InChI is InChI=1S/C16H12BrIO2/c17-13-7-11-5-6-20-16(11)12(8-13)9-15(19)10-1-3-14(18)4-2-10/h1-4,7-8H,5-6,9H2. The highest BCUT2D eigenvalue weighted by Crippen LogP contribution is 2.33. The maximum absolute atomic E-state index is 12.4. The highest BCUT2D eigenvalue weighted by atomic mass is 127. The number of ketones is 1. The number of hydrogen-bond acceptors (Lipinski definition) is 2. The molecule has 102 valence electrons. The van der Waals surface area contributed by atoms with E-state index < -0.39 is 0 Å². The first-order valence-corrected chi connectivity index (χ1v) is 8.23. The Morgan fingerprint density at radius 2 is 2.00 bits per heavy atom. The van der Waals surface area contributed by atoms with Crippen molar-refractivity contribution in [2.75, 3.05) is 6.61 Å². The van der Waals surface area contributed by atoms with Gasteiger partial charge in [0.25, 0.3) is 0 Å². The van der Waals surface area contributed by atoms with Gasteiger partial charge in [0.15, 0.2) is 5.78 Å². The molecule has 1 aliphatic rings. The van der Waals surface area contributed by atoms with Gasteiger partial charge < -0.3 is 4.74 Å². The first kappa shape index (κ1) is 14.1. The van der Waals surface area contributed by atoms with Crippen LogP contribution in [0.1, 0.15) is 21.5 Å². The van der Waals surface area contributed by atoms with Crippen molar-refractivity contribution < 1.29 is 9.53 Å². The Morgan fingerprint density at radius 3 is 2.75 bits per heavy atom. The van der Waals surface area contributed by atoms with E-state index in [1.807, 2.05) is 30.3 Å². The zero-order chi connectivity index (χ0) is 14.1. The monoisotopic (exact) mass is 442 g/mol. The highest BCUT2D eigenvalue weighted by molar-refractivity contribution is 14.1. The highest BCUT2D eigenvalue weighted by Gasteiger charge is 2.19. The SMILES string of the molecule is O=C(Cc1cc(Br)cc2c1OCC2)c1ccc(I)cc1. The molecule has 0 amide bonds. The van der Waals surface area contributed by atoms with Crippen LogP contribution in [-0.2, 0) is 12.8 Å². The second kappa shape index (κ2) is 5.85. The number of rotatable bonds is 3. The minimum atomic E-state index is 0.122. The zero-order valence-electron chi connectivity index (χ0n) is 10.7. The van der Waals surface area contributed by atoms with Crippen LogP contribution in [0.25, 0.3) is 0 Å². The summed E-state index contributed by atoms with van der Waals surface area (Å²) in [7, 11) is 0. The molecule has 2 nitrogen and oxygen atoms in total. The van der Waals surface area contributed by atoms with E-state index in [9.17, 15) is 4.79 Å². The summed E-state index contributed by atoms with van der Waals surface area (Å²) in [5.74, 6) is 1.02. The van der Waals surface area contributed by atoms with Crippen molar-refractivity contribution in [3.8, 4) is 5.75 Å². The average molecular weight is 443 g/mol. The number of hydrogen-bond donors (Lipinski definition) is 0. The third-order valence-corrected chi connectivity index (χ3v) is 4.52. The molecular weight excluding hydrogens is 431 g/mol. The van der Waals surface area contributed by atoms with Gasteiger partial charge in [-0.3, -0.25) is 4.79 Å². The summed E-state index contributed by atoms with van der Waals surface area (Å²) >= 11 is 5.74. The number of halogens is 2. The summed E-state index contributed by atoms with van der Waals surface area (Å²) < 4.78 is 7.80. The van der Waals surface area contributed by atoms with E-state index >= 15 is 0 Å². The molecule has 1 aliphatic heterocycles. The van der Waals surface area contributed by atoms with Crippen LogP contribution in [-0.4, -0.2) is 12.4 Å². The summed E-state index contributed by atoms with van der Waals surface area (Å²) in [4.78, 5) is 12.4. The van der Waals surface area contributed by atoms with Gasteiger partial charge in [0, 0.05) is 32.0 Å². The second-order valence-corrected chi connectivity index (χ2v) is 6.92. The van der Waals surface area contributed by atoms with Gasteiger partial charge in [-0.15, -0.1) is 0 Å². The Labute approximate surface area is 139 Å². The third kappa shape index (κ3) is 2.91. The summed E-state index contributed by atoms with van der Waals surface area (Å²) in [6.07, 6.45) is 1.29. The fourth-order valence-electron chi connectivity index (χ4n) is 2.39. The van der Waals surface area contributed by atoms with Gasteiger partial charge in [0.1, 0.15) is 5.75 Å². The number of carbonyl (C=O) groups is 1. The minimum Gasteiger partial charge on any atom is -0.493 e. The summed E-state index contributed by atoms with van der Waals surface area (Å²) in [6.45, 7) is 0.705. The van der Waals surface area contributed by atoms with Crippen molar-refractivity contribution in [2.24, 2.45) is 0 Å². The molecule has 0 unspecified atom stereocenters. The Morgan fingerprint density at radius 1 is 1.25 bits per heavy atom. The predicted molar refractivity (Wildman–Crippen MR) is 90.5 cm³/mol. The van der Waals surface area contributed by atoms with E-state index in [0.29, 0.717) is 13.0 Å². The molecule has 0 aromatic heterocycles. The molecule has 2 aromatic rings. The Hall–Kier alpha value is -0.880. The van der Waals surface area contributed by atoms with E-state index in [1.165, 1.54) is 5.56 Å². The van der Waals surface area contributed by atoms with Crippen molar-refractivity contribution in [1.82, 2.24) is 0 Å². The van der Waals surface area contributed by atoms with Crippen LogP contribution in [0.3, 0.4) is 0 Å². The van der Waals surface area contributed by atoms with E-state index in [4.69, 9.17) is 4.74 Å². The van der Waals surface area contributed by atoms with Crippen LogP contribution in [0.5, 0.6) is 5.75 Å². The maximum Gasteiger partial charge on any atom is 0.167 e. The quantitative estimate of drug-likeness (QED) is 0.519. The molecule has 0 bridgehead atoms. The number of Topliss-reactive ketones (excluding diaryl/α,β-unsaturated/α-hetero) is 1. The van der Waals surface area contributed by atoms with Crippen LogP contribution >= 0.6 is 38.5 Å². The molecule has 1 heterocycles. The molecule has 0 atom stereocenters. The Kier molecular flexibility index (Phi) is 4.12. The minimum absolute atomic E-state index is 0.122. The number of fused-ring (bicyclic) bond motifs is 1. The molecule has 0 aliphatic carbocycles. The van der Waals surface area contributed by atoms with Crippen molar-refractivity contribution in [3.63, 3.8) is 0 Å². The molecule has 0 radical (unpaired) electrons. The van der Waals surface area contributed by atoms with Crippen molar-refractivity contribution in [3.05, 3.63) is 61.1 Å².